The molecule has 1 amide bonds. The summed E-state index contributed by atoms with van der Waals surface area (Å²) in [5.41, 5.74) is -1.20. The molecule has 1 aromatic carbocycles. The number of amides is 1. The highest BCUT2D eigenvalue weighted by molar-refractivity contribution is 5.92. The Labute approximate surface area is 159 Å². The van der Waals surface area contributed by atoms with Crippen LogP contribution in [0.25, 0.3) is 0 Å². The van der Waals surface area contributed by atoms with E-state index in [0.717, 1.165) is 12.1 Å². The number of nitriles is 1. The van der Waals surface area contributed by atoms with E-state index in [1.807, 2.05) is 0 Å². The van der Waals surface area contributed by atoms with E-state index in [4.69, 9.17) is 10.00 Å². The Morgan fingerprint density at radius 1 is 1.21 bits per heavy atom. The van der Waals surface area contributed by atoms with Crippen LogP contribution in [0.2, 0.25) is 0 Å². The first kappa shape index (κ1) is 19.6. The number of nitrogens with zero attached hydrogens (tertiary/aromatic N) is 3. The van der Waals surface area contributed by atoms with Crippen LogP contribution >= 0.6 is 0 Å². The van der Waals surface area contributed by atoms with Gasteiger partial charge in [0, 0.05) is 12.2 Å². The van der Waals surface area contributed by atoms with Crippen molar-refractivity contribution >= 4 is 5.91 Å². The summed E-state index contributed by atoms with van der Waals surface area (Å²) in [6, 6.07) is 8.03. The second kappa shape index (κ2) is 8.25. The van der Waals surface area contributed by atoms with Crippen LogP contribution in [0.1, 0.15) is 47.3 Å². The quantitative estimate of drug-likeness (QED) is 0.864. The molecular formula is C19H17F3N4O2. The van der Waals surface area contributed by atoms with Gasteiger partial charge in [0.1, 0.15) is 5.75 Å². The van der Waals surface area contributed by atoms with Crippen LogP contribution < -0.4 is 10.1 Å². The lowest BCUT2D eigenvalue weighted by Crippen LogP contribution is -2.40. The van der Waals surface area contributed by atoms with E-state index in [9.17, 15) is 18.0 Å². The molecule has 1 aromatic heterocycles. The van der Waals surface area contributed by atoms with E-state index in [0.29, 0.717) is 25.7 Å². The van der Waals surface area contributed by atoms with Crippen LogP contribution in [-0.2, 0) is 6.18 Å². The van der Waals surface area contributed by atoms with Crippen molar-refractivity contribution in [2.75, 3.05) is 0 Å². The Morgan fingerprint density at radius 2 is 1.96 bits per heavy atom. The molecular weight excluding hydrogens is 373 g/mol. The van der Waals surface area contributed by atoms with Crippen molar-refractivity contribution in [3.8, 4) is 11.8 Å². The molecule has 1 aliphatic carbocycles. The standard InChI is InChI=1S/C19H17F3N4O2/c20-19(21,22)16-10-15(6-3-12(16)11-23)28-14-7-4-13(5-8-14)25-18(27)17-2-1-9-24-26-17/h1-3,6,9-10,13-14H,4-5,7-8H2,(H,25,27). The number of nitrogens with one attached hydrogen (secondary N) is 1. The Hall–Kier alpha value is -3.15. The van der Waals surface area contributed by atoms with Gasteiger partial charge in [0.2, 0.25) is 0 Å². The van der Waals surface area contributed by atoms with Crippen molar-refractivity contribution in [3.05, 3.63) is 53.3 Å². The molecule has 0 unspecified atom stereocenters. The van der Waals surface area contributed by atoms with Gasteiger partial charge in [-0.05, 0) is 56.0 Å². The molecule has 1 N–H and O–H groups in total. The van der Waals surface area contributed by atoms with Crippen molar-refractivity contribution in [2.45, 2.75) is 44.0 Å². The van der Waals surface area contributed by atoms with E-state index in [1.165, 1.54) is 12.3 Å². The predicted molar refractivity (Wildman–Crippen MR) is 92.3 cm³/mol. The molecule has 3 rings (SSSR count). The zero-order chi connectivity index (χ0) is 20.1. The van der Waals surface area contributed by atoms with Gasteiger partial charge in [-0.3, -0.25) is 4.79 Å². The van der Waals surface area contributed by atoms with Gasteiger partial charge in [-0.1, -0.05) is 0 Å². The van der Waals surface area contributed by atoms with E-state index < -0.39 is 17.3 Å². The summed E-state index contributed by atoms with van der Waals surface area (Å²) in [4.78, 5) is 12.1. The molecule has 1 aliphatic rings. The van der Waals surface area contributed by atoms with Crippen molar-refractivity contribution in [1.29, 1.82) is 5.26 Å². The SMILES string of the molecule is N#Cc1ccc(OC2CCC(NC(=O)c3cccnn3)CC2)cc1C(F)(F)F. The smallest absolute Gasteiger partial charge is 0.417 e. The highest BCUT2D eigenvalue weighted by atomic mass is 19.4. The highest BCUT2D eigenvalue weighted by Gasteiger charge is 2.34. The third-order valence-corrected chi connectivity index (χ3v) is 4.53. The number of rotatable bonds is 4. The van der Waals surface area contributed by atoms with Gasteiger partial charge >= 0.3 is 6.18 Å². The molecule has 1 heterocycles. The second-order valence-corrected chi connectivity index (χ2v) is 6.49. The van der Waals surface area contributed by atoms with E-state index in [-0.39, 0.29) is 29.5 Å². The largest absolute Gasteiger partial charge is 0.490 e. The third kappa shape index (κ3) is 4.76. The molecule has 0 radical (unpaired) electrons. The molecule has 0 bridgehead atoms. The summed E-state index contributed by atoms with van der Waals surface area (Å²) in [6.07, 6.45) is -0.935. The van der Waals surface area contributed by atoms with Crippen LogP contribution in [0.5, 0.6) is 5.75 Å². The Balaban J connectivity index is 1.56. The van der Waals surface area contributed by atoms with Crippen molar-refractivity contribution in [2.24, 2.45) is 0 Å². The number of carbonyl (C=O) groups excluding carboxylic acids is 1. The summed E-state index contributed by atoms with van der Waals surface area (Å²) in [5.74, 6) is -0.224. The topological polar surface area (TPSA) is 87.9 Å². The molecule has 9 heteroatoms. The van der Waals surface area contributed by atoms with E-state index in [1.54, 1.807) is 18.2 Å². The van der Waals surface area contributed by atoms with Crippen LogP contribution in [0.4, 0.5) is 13.2 Å². The first-order chi connectivity index (χ1) is 13.4. The van der Waals surface area contributed by atoms with Gasteiger partial charge in [0.15, 0.2) is 5.69 Å². The van der Waals surface area contributed by atoms with Crippen LogP contribution in [0.15, 0.2) is 36.5 Å². The minimum absolute atomic E-state index is 0.0546. The number of hydrogen-bond acceptors (Lipinski definition) is 5. The highest BCUT2D eigenvalue weighted by Crippen LogP contribution is 2.35. The number of hydrogen-bond donors (Lipinski definition) is 1. The van der Waals surface area contributed by atoms with E-state index >= 15 is 0 Å². The minimum Gasteiger partial charge on any atom is -0.490 e. The summed E-state index contributed by atoms with van der Waals surface area (Å²) < 4.78 is 44.8. The van der Waals surface area contributed by atoms with Gasteiger partial charge < -0.3 is 10.1 Å². The number of halogens is 3. The molecule has 1 fully saturated rings. The van der Waals surface area contributed by atoms with E-state index in [2.05, 4.69) is 15.5 Å². The molecule has 0 atom stereocenters. The third-order valence-electron chi connectivity index (χ3n) is 4.53. The molecule has 2 aromatic rings. The summed E-state index contributed by atoms with van der Waals surface area (Å²) >= 11 is 0. The molecule has 146 valence electrons. The number of alkyl halides is 3. The monoisotopic (exact) mass is 390 g/mol. The van der Waals surface area contributed by atoms with Crippen LogP contribution in [0.3, 0.4) is 0 Å². The molecule has 28 heavy (non-hydrogen) atoms. The number of aromatic nitrogens is 2. The normalized spacial score (nSPS) is 19.5. The zero-order valence-corrected chi connectivity index (χ0v) is 14.7. The molecule has 0 spiro atoms. The summed E-state index contributed by atoms with van der Waals surface area (Å²) in [6.45, 7) is 0. The fourth-order valence-electron chi connectivity index (χ4n) is 3.13. The Bertz CT molecular complexity index is 873. The van der Waals surface area contributed by atoms with Crippen molar-refractivity contribution in [3.63, 3.8) is 0 Å². The molecule has 1 saturated carbocycles. The van der Waals surface area contributed by atoms with Crippen molar-refractivity contribution < 1.29 is 22.7 Å². The van der Waals surface area contributed by atoms with Gasteiger partial charge in [-0.2, -0.15) is 23.5 Å². The zero-order valence-electron chi connectivity index (χ0n) is 14.7. The van der Waals surface area contributed by atoms with Gasteiger partial charge in [-0.25, -0.2) is 0 Å². The number of carbonyl (C=O) groups is 1. The lowest BCUT2D eigenvalue weighted by Gasteiger charge is -2.29. The fourth-order valence-corrected chi connectivity index (χ4v) is 3.13. The average molecular weight is 390 g/mol. The van der Waals surface area contributed by atoms with Gasteiger partial charge in [0.25, 0.3) is 5.91 Å². The van der Waals surface area contributed by atoms with Crippen LogP contribution in [-0.4, -0.2) is 28.3 Å². The Morgan fingerprint density at radius 3 is 2.57 bits per heavy atom. The first-order valence-corrected chi connectivity index (χ1v) is 8.73. The lowest BCUT2D eigenvalue weighted by atomic mass is 9.92. The molecule has 6 nitrogen and oxygen atoms in total. The maximum Gasteiger partial charge on any atom is 0.417 e. The molecule has 0 saturated heterocycles. The predicted octanol–water partition coefficient (Wildman–Crippen LogP) is 3.49. The lowest BCUT2D eigenvalue weighted by molar-refractivity contribution is -0.137. The fraction of sp³-hybridized carbons (Fsp3) is 0.368. The molecule has 0 aliphatic heterocycles. The van der Waals surface area contributed by atoms with Gasteiger partial charge in [0.05, 0.1) is 23.3 Å². The number of ether oxygens (including phenoxy) is 1. The maximum atomic E-state index is 13.1. The van der Waals surface area contributed by atoms with Crippen molar-refractivity contribution in [1.82, 2.24) is 15.5 Å². The van der Waals surface area contributed by atoms with Crippen LogP contribution in [0, 0.1) is 11.3 Å². The number of benzene rings is 1. The summed E-state index contributed by atoms with van der Waals surface area (Å²) in [5, 5.41) is 19.1. The average Bonchev–Trinajstić information content (AvgIpc) is 2.69. The first-order valence-electron chi connectivity index (χ1n) is 8.73. The van der Waals surface area contributed by atoms with Gasteiger partial charge in [-0.15, -0.1) is 5.10 Å². The summed E-state index contributed by atoms with van der Waals surface area (Å²) in [7, 11) is 0. The Kier molecular flexibility index (Phi) is 5.78. The second-order valence-electron chi connectivity index (χ2n) is 6.49. The maximum absolute atomic E-state index is 13.1. The minimum atomic E-state index is -4.62.